The zero-order valence-electron chi connectivity index (χ0n) is 32.5. The molecule has 0 bridgehead atoms. The third-order valence-electron chi connectivity index (χ3n) is 9.79. The van der Waals surface area contributed by atoms with Crippen LogP contribution < -0.4 is 5.56 Å². The van der Waals surface area contributed by atoms with Gasteiger partial charge in [-0.1, -0.05) is 72.8 Å². The van der Waals surface area contributed by atoms with Gasteiger partial charge in [0.15, 0.2) is 0 Å². The topological polar surface area (TPSA) is 163 Å². The van der Waals surface area contributed by atoms with E-state index < -0.39 is 67.2 Å². The van der Waals surface area contributed by atoms with Gasteiger partial charge in [-0.3, -0.25) is 0 Å². The maximum absolute atomic E-state index is 14.0. The molecule has 1 saturated heterocycles. The predicted octanol–water partition coefficient (Wildman–Crippen LogP) is 6.46. The molecule has 8 rings (SSSR count). The first-order chi connectivity index (χ1) is 30.2. The molecular formula is C48H35NO12Se. The number of fused-ring (bicyclic) bond motifs is 1. The summed E-state index contributed by atoms with van der Waals surface area (Å²) in [6.45, 7) is -0.601. The fraction of sp³-hybridized carbons (Fsp3) is 0.125. The van der Waals surface area contributed by atoms with Crippen molar-refractivity contribution in [3.05, 3.63) is 208 Å². The molecule has 13 nitrogen and oxygen atoms in total. The van der Waals surface area contributed by atoms with Gasteiger partial charge in [0.25, 0.3) is 0 Å². The van der Waals surface area contributed by atoms with Crippen molar-refractivity contribution in [2.75, 3.05) is 6.61 Å². The van der Waals surface area contributed by atoms with Crippen LogP contribution in [0.1, 0.15) is 51.8 Å². The van der Waals surface area contributed by atoms with Crippen LogP contribution in [0.5, 0.6) is 0 Å². The molecule has 7 aromatic rings. The number of aromatic nitrogens is 1. The molecule has 2 heterocycles. The first-order valence-electron chi connectivity index (χ1n) is 19.3. The predicted molar refractivity (Wildman–Crippen MR) is 224 cm³/mol. The Morgan fingerprint density at radius 3 is 1.40 bits per heavy atom. The van der Waals surface area contributed by atoms with Crippen LogP contribution >= 0.6 is 0 Å². The molecule has 0 aliphatic carbocycles. The summed E-state index contributed by atoms with van der Waals surface area (Å²) in [6.07, 6.45) is -8.42. The van der Waals surface area contributed by atoms with Crippen LogP contribution in [0.4, 0.5) is 0 Å². The van der Waals surface area contributed by atoms with E-state index in [1.165, 1.54) is 60.7 Å². The third kappa shape index (κ3) is 9.33. The molecule has 310 valence electrons. The molecular weight excluding hydrogens is 861 g/mol. The number of ether oxygens (including phenoxy) is 6. The van der Waals surface area contributed by atoms with Gasteiger partial charge in [0.05, 0.1) is 16.7 Å². The number of esters is 5. The van der Waals surface area contributed by atoms with Crippen molar-refractivity contribution in [3.63, 3.8) is 0 Å². The summed E-state index contributed by atoms with van der Waals surface area (Å²) in [5, 5.41) is 0.612. The summed E-state index contributed by atoms with van der Waals surface area (Å²) in [4.78, 5) is 82.0. The smallest absolute Gasteiger partial charge is 0.246 e. The monoisotopic (exact) mass is 897 g/mol. The molecule has 14 heteroatoms. The Balaban J connectivity index is 1.17. The summed E-state index contributed by atoms with van der Waals surface area (Å²) < 4.78 is 38.6. The Morgan fingerprint density at radius 2 is 0.887 bits per heavy atom. The zero-order valence-corrected chi connectivity index (χ0v) is 34.2. The van der Waals surface area contributed by atoms with Gasteiger partial charge in [-0.25, -0.2) is 14.4 Å². The first-order valence-corrected chi connectivity index (χ1v) is 20.9. The summed E-state index contributed by atoms with van der Waals surface area (Å²) in [7, 11) is 0. The summed E-state index contributed by atoms with van der Waals surface area (Å²) in [5.74, 6) is -4.39. The van der Waals surface area contributed by atoms with Crippen LogP contribution in [-0.4, -0.2) is 85.5 Å². The van der Waals surface area contributed by atoms with Gasteiger partial charge < -0.3 is 0 Å². The van der Waals surface area contributed by atoms with Crippen molar-refractivity contribution in [2.24, 2.45) is 0 Å². The van der Waals surface area contributed by atoms with Crippen molar-refractivity contribution in [1.82, 2.24) is 3.56 Å². The van der Waals surface area contributed by atoms with Gasteiger partial charge in [-0.2, -0.15) is 0 Å². The molecule has 0 N–H and O–H groups in total. The Kier molecular flexibility index (Phi) is 12.6. The van der Waals surface area contributed by atoms with Crippen molar-refractivity contribution in [2.45, 2.75) is 30.7 Å². The second-order valence-corrected chi connectivity index (χ2v) is 15.9. The molecule has 1 aliphatic rings. The quantitative estimate of drug-likeness (QED) is 0.0749. The molecule has 0 spiro atoms. The molecule has 1 aromatic heterocycles. The van der Waals surface area contributed by atoms with Crippen molar-refractivity contribution in [3.8, 4) is 5.69 Å². The Morgan fingerprint density at radius 1 is 0.468 bits per heavy atom. The SMILES string of the molecule is O=C(OC[C@H]1O[C@@H](OC(=O)c2ccc(-n3[se]c4ccccc4c3=O)cc2)[C@H](OC(=O)c2ccccc2)[C@@H](OC(=O)c2ccccc2)[C@@H]1OC(=O)c1ccccc1)c1ccccc1. The van der Waals surface area contributed by atoms with E-state index in [1.807, 2.05) is 12.1 Å². The van der Waals surface area contributed by atoms with Crippen LogP contribution in [0.25, 0.3) is 15.3 Å². The van der Waals surface area contributed by atoms with Crippen molar-refractivity contribution < 1.29 is 52.4 Å². The second-order valence-electron chi connectivity index (χ2n) is 13.9. The van der Waals surface area contributed by atoms with E-state index in [2.05, 4.69) is 0 Å². The molecule has 0 unspecified atom stereocenters. The Bertz CT molecular complexity index is 2760. The average molecular weight is 897 g/mol. The van der Waals surface area contributed by atoms with E-state index in [4.69, 9.17) is 28.4 Å². The minimum atomic E-state index is -1.84. The molecule has 0 saturated carbocycles. The van der Waals surface area contributed by atoms with Gasteiger partial charge in [0.1, 0.15) is 0 Å². The minimum Gasteiger partial charge on any atom is -0.246 e. The number of rotatable bonds is 12. The van der Waals surface area contributed by atoms with E-state index in [1.54, 1.807) is 101 Å². The number of nitrogens with zero attached hydrogens (tertiary/aromatic N) is 1. The van der Waals surface area contributed by atoms with Gasteiger partial charge in [0.2, 0.25) is 0 Å². The van der Waals surface area contributed by atoms with Crippen LogP contribution in [0.2, 0.25) is 0 Å². The number of carbonyl (C=O) groups excluding carboxylic acids is 5. The van der Waals surface area contributed by atoms with E-state index in [0.717, 1.165) is 4.26 Å². The number of hydrogen-bond donors (Lipinski definition) is 0. The van der Waals surface area contributed by atoms with E-state index in [-0.39, 0.29) is 48.1 Å². The fourth-order valence-corrected chi connectivity index (χ4v) is 8.77. The van der Waals surface area contributed by atoms with Crippen LogP contribution in [0.3, 0.4) is 0 Å². The molecule has 0 amide bonds. The van der Waals surface area contributed by atoms with Crippen molar-refractivity contribution in [1.29, 1.82) is 0 Å². The Labute approximate surface area is 359 Å². The van der Waals surface area contributed by atoms with Crippen LogP contribution in [-0.2, 0) is 28.4 Å². The van der Waals surface area contributed by atoms with Gasteiger partial charge in [-0.05, 0) is 48.5 Å². The maximum atomic E-state index is 14.0. The molecule has 1 fully saturated rings. The van der Waals surface area contributed by atoms with Crippen LogP contribution in [0, 0.1) is 0 Å². The van der Waals surface area contributed by atoms with E-state index >= 15 is 0 Å². The second kappa shape index (κ2) is 18.9. The number of benzene rings is 6. The Hall–Kier alpha value is -7.38. The normalized spacial score (nSPS) is 18.2. The average Bonchev–Trinajstić information content (AvgIpc) is 3.66. The van der Waals surface area contributed by atoms with Gasteiger partial charge >= 0.3 is 209 Å². The fourth-order valence-electron chi connectivity index (χ4n) is 6.67. The zero-order chi connectivity index (χ0) is 43.0. The molecule has 62 heavy (non-hydrogen) atoms. The van der Waals surface area contributed by atoms with E-state index in [0.29, 0.717) is 11.1 Å². The van der Waals surface area contributed by atoms with Gasteiger partial charge in [-0.15, -0.1) is 0 Å². The summed E-state index contributed by atoms with van der Waals surface area (Å²) in [6, 6.07) is 45.3. The molecule has 6 aromatic carbocycles. The van der Waals surface area contributed by atoms with E-state index in [9.17, 15) is 28.8 Å². The third-order valence-corrected chi connectivity index (χ3v) is 12.1. The molecule has 5 atom stereocenters. The van der Waals surface area contributed by atoms with Gasteiger partial charge in [0, 0.05) is 0 Å². The minimum absolute atomic E-state index is 0.0321. The summed E-state index contributed by atoms with van der Waals surface area (Å²) >= 11 is -0.326. The molecule has 0 radical (unpaired) electrons. The first kappa shape index (κ1) is 41.4. The standard InChI is InChI=1S/C48H35NO12Se/c50-42-36-23-13-14-24-38(36)62-49(42)35-27-25-34(26-28-35)47(55)61-48-41(60-46(54)33-21-11-4-12-22-33)40(59-45(53)32-19-9-3-10-20-32)39(58-44(52)31-17-7-2-8-18-31)37(57-48)29-56-43(51)30-15-5-1-6-16-30/h1-28,37,39-41,48H,29H2/t37-,39-,40+,41-,48+/m1/s1. The number of carbonyl (C=O) groups is 5. The van der Waals surface area contributed by atoms with Crippen LogP contribution in [0.15, 0.2) is 175 Å². The van der Waals surface area contributed by atoms with Crippen molar-refractivity contribution >= 4 is 54.2 Å². The molecule has 1 aliphatic heterocycles. The number of hydrogen-bond acceptors (Lipinski definition) is 12. The summed E-state index contributed by atoms with van der Waals surface area (Å²) in [5.41, 5.74) is 0.950.